The van der Waals surface area contributed by atoms with Crippen LogP contribution in [0.5, 0.6) is 0 Å². The summed E-state index contributed by atoms with van der Waals surface area (Å²) in [5.41, 5.74) is 9.66. The molecular weight excluding hydrogens is 689 g/mol. The number of benzene rings is 8. The van der Waals surface area contributed by atoms with Crippen LogP contribution in [0.25, 0.3) is 109 Å². The SMILES string of the molecule is c1ccc(-c2cc(-c3ccccc3)nc(-n3c4ccccc4c4ccc5sc6ccc7c(c8ccccc8n7-c7cccc8ccccc78)c6c5c43)n2)cc1. The molecule has 0 aliphatic rings. The Morgan fingerprint density at radius 3 is 1.71 bits per heavy atom. The van der Waals surface area contributed by atoms with Gasteiger partial charge in [-0.15, -0.1) is 11.3 Å². The summed E-state index contributed by atoms with van der Waals surface area (Å²) in [4.78, 5) is 10.8. The number of para-hydroxylation sites is 2. The fraction of sp³-hybridized carbons (Fsp3) is 0. The predicted molar refractivity (Wildman–Crippen MR) is 232 cm³/mol. The molecule has 0 aliphatic carbocycles. The number of fused-ring (bicyclic) bond motifs is 12. The van der Waals surface area contributed by atoms with Gasteiger partial charge in [0.1, 0.15) is 0 Å². The van der Waals surface area contributed by atoms with Gasteiger partial charge in [0.25, 0.3) is 0 Å². The highest BCUT2D eigenvalue weighted by molar-refractivity contribution is 7.26. The first-order valence-electron chi connectivity index (χ1n) is 18.6. The molecule has 0 radical (unpaired) electrons. The van der Waals surface area contributed by atoms with Gasteiger partial charge in [-0.1, -0.05) is 140 Å². The second-order valence-corrected chi connectivity index (χ2v) is 15.2. The van der Waals surface area contributed by atoms with Gasteiger partial charge in [-0.2, -0.15) is 0 Å². The lowest BCUT2D eigenvalue weighted by Crippen LogP contribution is -2.04. The minimum atomic E-state index is 0.656. The summed E-state index contributed by atoms with van der Waals surface area (Å²) in [6.45, 7) is 0. The Balaban J connectivity index is 1.26. The Hall–Kier alpha value is -7.08. The van der Waals surface area contributed by atoms with Crippen molar-refractivity contribution in [2.45, 2.75) is 0 Å². The molecule has 12 aromatic rings. The molecule has 0 N–H and O–H groups in total. The van der Waals surface area contributed by atoms with Crippen LogP contribution in [0.3, 0.4) is 0 Å². The molecule has 256 valence electrons. The Labute approximate surface area is 319 Å². The van der Waals surface area contributed by atoms with Crippen molar-refractivity contribution in [1.82, 2.24) is 19.1 Å². The van der Waals surface area contributed by atoms with Gasteiger partial charge in [-0.25, -0.2) is 9.97 Å². The summed E-state index contributed by atoms with van der Waals surface area (Å²) in [5.74, 6) is 0.656. The zero-order valence-corrected chi connectivity index (χ0v) is 30.3. The summed E-state index contributed by atoms with van der Waals surface area (Å²) < 4.78 is 7.28. The van der Waals surface area contributed by atoms with Crippen LogP contribution < -0.4 is 0 Å². The standard InChI is InChI=1S/C50H30N4S/c1-3-15-32(16-4-1)38-30-39(33-17-5-2-6-18-33)52-50(51-38)54-41-23-11-9-21-35(41)36-26-28-45-48(49(36)54)47-44(55-45)29-27-43-46(47)37-22-10-12-24-42(37)53(43)40-25-13-19-31-14-7-8-20-34(31)40/h1-30H. The number of thiophene rings is 1. The first-order valence-corrected chi connectivity index (χ1v) is 19.4. The van der Waals surface area contributed by atoms with Crippen LogP contribution in [-0.4, -0.2) is 19.1 Å². The molecule has 0 saturated carbocycles. The van der Waals surface area contributed by atoms with Crippen LogP contribution in [0, 0.1) is 0 Å². The number of rotatable bonds is 4. The normalized spacial score (nSPS) is 12.0. The van der Waals surface area contributed by atoms with E-state index in [0.717, 1.165) is 33.5 Å². The summed E-state index contributed by atoms with van der Waals surface area (Å²) in [6.07, 6.45) is 0. The van der Waals surface area contributed by atoms with Gasteiger partial charge >= 0.3 is 0 Å². The van der Waals surface area contributed by atoms with Crippen LogP contribution >= 0.6 is 11.3 Å². The lowest BCUT2D eigenvalue weighted by Gasteiger charge is -2.12. The van der Waals surface area contributed by atoms with Gasteiger partial charge in [-0.05, 0) is 47.9 Å². The largest absolute Gasteiger partial charge is 0.309 e. The highest BCUT2D eigenvalue weighted by atomic mass is 32.1. The molecule has 55 heavy (non-hydrogen) atoms. The molecule has 0 fully saturated rings. The molecule has 8 aromatic carbocycles. The molecule has 0 spiro atoms. The third kappa shape index (κ3) is 4.45. The van der Waals surface area contributed by atoms with Crippen LogP contribution in [-0.2, 0) is 0 Å². The molecule has 0 amide bonds. The van der Waals surface area contributed by atoms with E-state index < -0.39 is 0 Å². The Kier molecular flexibility index (Phi) is 6.47. The van der Waals surface area contributed by atoms with Crippen LogP contribution in [0.2, 0.25) is 0 Å². The first kappa shape index (κ1) is 30.4. The van der Waals surface area contributed by atoms with Crippen LogP contribution in [0.4, 0.5) is 0 Å². The molecule has 4 aromatic heterocycles. The van der Waals surface area contributed by atoms with Crippen molar-refractivity contribution in [3.8, 4) is 34.2 Å². The second-order valence-electron chi connectivity index (χ2n) is 14.1. The van der Waals surface area contributed by atoms with Crippen molar-refractivity contribution in [3.05, 3.63) is 182 Å². The smallest absolute Gasteiger partial charge is 0.235 e. The van der Waals surface area contributed by atoms with E-state index in [1.54, 1.807) is 0 Å². The van der Waals surface area contributed by atoms with Gasteiger partial charge in [0.2, 0.25) is 5.95 Å². The highest BCUT2D eigenvalue weighted by Crippen LogP contribution is 2.48. The molecular formula is C50H30N4S. The quantitative estimate of drug-likeness (QED) is 0.182. The highest BCUT2D eigenvalue weighted by Gasteiger charge is 2.24. The molecule has 12 rings (SSSR count). The van der Waals surface area contributed by atoms with Crippen molar-refractivity contribution >= 4 is 85.9 Å². The van der Waals surface area contributed by atoms with E-state index >= 15 is 0 Å². The predicted octanol–water partition coefficient (Wildman–Crippen LogP) is 13.5. The molecule has 0 atom stereocenters. The number of nitrogens with zero attached hydrogens (tertiary/aromatic N) is 4. The van der Waals surface area contributed by atoms with E-state index in [9.17, 15) is 0 Å². The fourth-order valence-electron chi connectivity index (χ4n) is 8.78. The molecule has 4 nitrogen and oxygen atoms in total. The van der Waals surface area contributed by atoms with E-state index in [-0.39, 0.29) is 0 Å². The van der Waals surface area contributed by atoms with Crippen molar-refractivity contribution in [1.29, 1.82) is 0 Å². The molecule has 0 bridgehead atoms. The van der Waals surface area contributed by atoms with Crippen LogP contribution in [0.1, 0.15) is 0 Å². The Morgan fingerprint density at radius 2 is 0.964 bits per heavy atom. The van der Waals surface area contributed by atoms with Gasteiger partial charge in [-0.3, -0.25) is 4.57 Å². The first-order chi connectivity index (χ1) is 27.3. The maximum absolute atomic E-state index is 5.38. The zero-order valence-electron chi connectivity index (χ0n) is 29.5. The Bertz CT molecular complexity index is 3420. The summed E-state index contributed by atoms with van der Waals surface area (Å²) in [6, 6.07) is 65.1. The van der Waals surface area contributed by atoms with Crippen molar-refractivity contribution in [3.63, 3.8) is 0 Å². The van der Waals surface area contributed by atoms with E-state index in [1.165, 1.54) is 69.2 Å². The van der Waals surface area contributed by atoms with E-state index in [0.29, 0.717) is 5.95 Å². The van der Waals surface area contributed by atoms with Gasteiger partial charge < -0.3 is 4.57 Å². The third-order valence-corrected chi connectivity index (χ3v) is 12.2. The van der Waals surface area contributed by atoms with Gasteiger partial charge in [0.05, 0.1) is 39.1 Å². The minimum absolute atomic E-state index is 0.656. The van der Waals surface area contributed by atoms with Crippen molar-refractivity contribution in [2.24, 2.45) is 0 Å². The van der Waals surface area contributed by atoms with Crippen LogP contribution in [0.15, 0.2) is 182 Å². The number of hydrogen-bond donors (Lipinski definition) is 0. The van der Waals surface area contributed by atoms with Gasteiger partial charge in [0.15, 0.2) is 0 Å². The van der Waals surface area contributed by atoms with Gasteiger partial charge in [0, 0.05) is 58.2 Å². The fourth-order valence-corrected chi connectivity index (χ4v) is 9.89. The summed E-state index contributed by atoms with van der Waals surface area (Å²) in [5, 5.41) is 9.83. The maximum atomic E-state index is 5.38. The average molecular weight is 719 g/mol. The van der Waals surface area contributed by atoms with E-state index in [4.69, 9.17) is 9.97 Å². The monoisotopic (exact) mass is 718 g/mol. The van der Waals surface area contributed by atoms with E-state index in [1.807, 2.05) is 23.5 Å². The van der Waals surface area contributed by atoms with Crippen molar-refractivity contribution < 1.29 is 0 Å². The molecule has 0 unspecified atom stereocenters. The lowest BCUT2D eigenvalue weighted by atomic mass is 10.0. The zero-order chi connectivity index (χ0) is 36.0. The molecule has 0 aliphatic heterocycles. The Morgan fingerprint density at radius 1 is 0.382 bits per heavy atom. The summed E-state index contributed by atoms with van der Waals surface area (Å²) in [7, 11) is 0. The second kappa shape index (κ2) is 11.7. The minimum Gasteiger partial charge on any atom is -0.309 e. The molecule has 4 heterocycles. The van der Waals surface area contributed by atoms with E-state index in [2.05, 4.69) is 179 Å². The molecule has 0 saturated heterocycles. The number of aromatic nitrogens is 4. The topological polar surface area (TPSA) is 35.6 Å². The number of hydrogen-bond acceptors (Lipinski definition) is 3. The average Bonchev–Trinajstić information content (AvgIpc) is 3.91. The molecule has 5 heteroatoms. The lowest BCUT2D eigenvalue weighted by molar-refractivity contribution is 0.998. The summed E-state index contributed by atoms with van der Waals surface area (Å²) >= 11 is 1.86. The maximum Gasteiger partial charge on any atom is 0.235 e. The van der Waals surface area contributed by atoms with Crippen molar-refractivity contribution in [2.75, 3.05) is 0 Å². The third-order valence-electron chi connectivity index (χ3n) is 11.1.